The van der Waals surface area contributed by atoms with E-state index in [0.29, 0.717) is 31.6 Å². The lowest BCUT2D eigenvalue weighted by molar-refractivity contribution is 0.122. The highest BCUT2D eigenvalue weighted by molar-refractivity contribution is 5.73. The lowest BCUT2D eigenvalue weighted by atomic mass is 9.83. The van der Waals surface area contributed by atoms with Gasteiger partial charge in [0.2, 0.25) is 0 Å². The number of anilines is 1. The van der Waals surface area contributed by atoms with Crippen molar-refractivity contribution in [1.29, 1.82) is 0 Å². The van der Waals surface area contributed by atoms with E-state index < -0.39 is 0 Å². The highest BCUT2D eigenvalue weighted by atomic mass is 16.5. The van der Waals surface area contributed by atoms with E-state index in [-0.39, 0.29) is 5.41 Å². The predicted molar refractivity (Wildman–Crippen MR) is 130 cm³/mol. The molecule has 0 bridgehead atoms. The largest absolute Gasteiger partial charge is 0.463 e. The van der Waals surface area contributed by atoms with E-state index in [0.717, 1.165) is 48.6 Å². The fraction of sp³-hybridized carbons (Fsp3) is 0.440. The minimum atomic E-state index is 0.127. The maximum absolute atomic E-state index is 5.98. The first kappa shape index (κ1) is 22.3. The molecule has 0 aromatic carbocycles. The van der Waals surface area contributed by atoms with Crippen molar-refractivity contribution in [1.82, 2.24) is 29.5 Å². The Morgan fingerprint density at radius 1 is 1.15 bits per heavy atom. The standard InChI is InChI=1S/C25H31N7O2/c1-25(2)8-4-5-20(16-25)21-6-9-32(29-21)23-15-22(31-10-13-33-14-11-31)27-24(28-23)34-12-7-19-17-26-30(3)18-19/h4-6,9,15-18H,7-8,10-14H2,1-3H3. The van der Waals surface area contributed by atoms with E-state index in [9.17, 15) is 0 Å². The van der Waals surface area contributed by atoms with Gasteiger partial charge in [-0.3, -0.25) is 4.68 Å². The van der Waals surface area contributed by atoms with Crippen LogP contribution in [-0.2, 0) is 18.2 Å². The van der Waals surface area contributed by atoms with E-state index in [1.165, 1.54) is 0 Å². The number of rotatable bonds is 7. The van der Waals surface area contributed by atoms with Crippen LogP contribution in [0, 0.1) is 5.41 Å². The van der Waals surface area contributed by atoms with Gasteiger partial charge in [-0.25, -0.2) is 4.68 Å². The Kier molecular flexibility index (Phi) is 6.19. The second-order valence-corrected chi connectivity index (χ2v) is 9.43. The third-order valence-corrected chi connectivity index (χ3v) is 6.00. The summed E-state index contributed by atoms with van der Waals surface area (Å²) in [6, 6.07) is 4.33. The van der Waals surface area contributed by atoms with Crippen LogP contribution in [0.15, 0.2) is 49.0 Å². The molecule has 1 aliphatic carbocycles. The molecule has 0 amide bonds. The molecule has 1 saturated heterocycles. The van der Waals surface area contributed by atoms with Crippen LogP contribution in [-0.4, -0.2) is 62.4 Å². The van der Waals surface area contributed by atoms with Crippen molar-refractivity contribution in [3.63, 3.8) is 0 Å². The Bertz CT molecular complexity index is 1200. The smallest absolute Gasteiger partial charge is 0.320 e. The molecule has 4 heterocycles. The summed E-state index contributed by atoms with van der Waals surface area (Å²) < 4.78 is 15.1. The van der Waals surface area contributed by atoms with Crippen molar-refractivity contribution in [3.8, 4) is 11.8 Å². The Balaban J connectivity index is 1.40. The number of aromatic nitrogens is 6. The van der Waals surface area contributed by atoms with E-state index >= 15 is 0 Å². The summed E-state index contributed by atoms with van der Waals surface area (Å²) in [4.78, 5) is 11.6. The lowest BCUT2D eigenvalue weighted by Crippen LogP contribution is -2.37. The Morgan fingerprint density at radius 3 is 2.74 bits per heavy atom. The Morgan fingerprint density at radius 2 is 1.97 bits per heavy atom. The monoisotopic (exact) mass is 461 g/mol. The number of morpholine rings is 1. The Hall–Kier alpha value is -3.46. The molecule has 5 rings (SSSR count). The topological polar surface area (TPSA) is 83.1 Å². The Labute approximate surface area is 199 Å². The van der Waals surface area contributed by atoms with Gasteiger partial charge in [0.25, 0.3) is 0 Å². The molecule has 3 aromatic heterocycles. The molecule has 9 nitrogen and oxygen atoms in total. The third-order valence-electron chi connectivity index (χ3n) is 6.00. The summed E-state index contributed by atoms with van der Waals surface area (Å²) in [5.74, 6) is 1.50. The maximum atomic E-state index is 5.98. The van der Waals surface area contributed by atoms with E-state index in [4.69, 9.17) is 14.6 Å². The van der Waals surface area contributed by atoms with Crippen molar-refractivity contribution >= 4 is 11.4 Å². The first-order valence-electron chi connectivity index (χ1n) is 11.7. The highest BCUT2D eigenvalue weighted by Gasteiger charge is 2.20. The molecule has 1 aliphatic heterocycles. The van der Waals surface area contributed by atoms with Gasteiger partial charge in [0.05, 0.1) is 31.7 Å². The van der Waals surface area contributed by atoms with Gasteiger partial charge >= 0.3 is 6.01 Å². The minimum Gasteiger partial charge on any atom is -0.463 e. The summed E-state index contributed by atoms with van der Waals surface area (Å²) in [5, 5.41) is 9.04. The summed E-state index contributed by atoms with van der Waals surface area (Å²) in [7, 11) is 1.91. The molecule has 9 heteroatoms. The second-order valence-electron chi connectivity index (χ2n) is 9.43. The molecule has 0 atom stereocenters. The predicted octanol–water partition coefficient (Wildman–Crippen LogP) is 3.22. The number of nitrogens with zero attached hydrogens (tertiary/aromatic N) is 7. The summed E-state index contributed by atoms with van der Waals surface area (Å²) in [6.07, 6.45) is 14.2. The third kappa shape index (κ3) is 5.20. The molecule has 0 radical (unpaired) electrons. The van der Waals surface area contributed by atoms with Crippen LogP contribution in [0.25, 0.3) is 11.4 Å². The second kappa shape index (κ2) is 9.42. The van der Waals surface area contributed by atoms with Gasteiger partial charge in [-0.15, -0.1) is 0 Å². The first-order valence-corrected chi connectivity index (χ1v) is 11.7. The summed E-state index contributed by atoms with van der Waals surface area (Å²) in [5.41, 5.74) is 3.29. The van der Waals surface area contributed by atoms with Crippen molar-refractivity contribution in [2.24, 2.45) is 12.5 Å². The van der Waals surface area contributed by atoms with Crippen molar-refractivity contribution in [3.05, 3.63) is 60.2 Å². The lowest BCUT2D eigenvalue weighted by Gasteiger charge is -2.28. The molecule has 0 N–H and O–H groups in total. The number of allylic oxidation sites excluding steroid dienone is 4. The summed E-state index contributed by atoms with van der Waals surface area (Å²) in [6.45, 7) is 7.86. The molecule has 1 fully saturated rings. The molecule has 34 heavy (non-hydrogen) atoms. The van der Waals surface area contributed by atoms with Crippen LogP contribution in [0.5, 0.6) is 6.01 Å². The summed E-state index contributed by atoms with van der Waals surface area (Å²) >= 11 is 0. The molecule has 3 aromatic rings. The average molecular weight is 462 g/mol. The minimum absolute atomic E-state index is 0.127. The van der Waals surface area contributed by atoms with E-state index in [1.54, 1.807) is 9.36 Å². The highest BCUT2D eigenvalue weighted by Crippen LogP contribution is 2.32. The zero-order valence-corrected chi connectivity index (χ0v) is 20.0. The van der Waals surface area contributed by atoms with Gasteiger partial charge < -0.3 is 14.4 Å². The molecule has 178 valence electrons. The fourth-order valence-electron chi connectivity index (χ4n) is 4.18. The van der Waals surface area contributed by atoms with Crippen LogP contribution >= 0.6 is 0 Å². The normalized spacial score (nSPS) is 17.6. The fourth-order valence-corrected chi connectivity index (χ4v) is 4.18. The quantitative estimate of drug-likeness (QED) is 0.534. The molecule has 0 saturated carbocycles. The van der Waals surface area contributed by atoms with Crippen molar-refractivity contribution < 1.29 is 9.47 Å². The zero-order chi connectivity index (χ0) is 23.5. The zero-order valence-electron chi connectivity index (χ0n) is 20.0. The van der Waals surface area contributed by atoms with Gasteiger partial charge in [0, 0.05) is 45.0 Å². The van der Waals surface area contributed by atoms with Crippen LogP contribution in [0.1, 0.15) is 31.5 Å². The molecule has 0 spiro atoms. The van der Waals surface area contributed by atoms with Crippen LogP contribution in [0.4, 0.5) is 5.82 Å². The van der Waals surface area contributed by atoms with Crippen LogP contribution in [0.2, 0.25) is 0 Å². The average Bonchev–Trinajstić information content (AvgIpc) is 3.48. The van der Waals surface area contributed by atoms with Crippen molar-refractivity contribution in [2.45, 2.75) is 26.7 Å². The van der Waals surface area contributed by atoms with E-state index in [1.807, 2.05) is 37.8 Å². The SMILES string of the molecule is Cn1cc(CCOc2nc(N3CCOCC3)cc(-n3ccc(C4=CC(C)(C)CC=C4)n3)n2)cn1. The molecular weight excluding hydrogens is 430 g/mol. The number of hydrogen-bond acceptors (Lipinski definition) is 7. The molecular formula is C25H31N7O2. The number of ether oxygens (including phenoxy) is 2. The number of aryl methyl sites for hydroxylation is 1. The molecule has 2 aliphatic rings. The van der Waals surface area contributed by atoms with Crippen molar-refractivity contribution in [2.75, 3.05) is 37.8 Å². The van der Waals surface area contributed by atoms with Gasteiger partial charge in [-0.1, -0.05) is 32.1 Å². The maximum Gasteiger partial charge on any atom is 0.320 e. The van der Waals surface area contributed by atoms with Crippen LogP contribution < -0.4 is 9.64 Å². The van der Waals surface area contributed by atoms with E-state index in [2.05, 4.69) is 52.0 Å². The van der Waals surface area contributed by atoms with Gasteiger partial charge in [0.1, 0.15) is 5.82 Å². The van der Waals surface area contributed by atoms with Crippen LogP contribution in [0.3, 0.4) is 0 Å². The number of hydrogen-bond donors (Lipinski definition) is 0. The first-order chi connectivity index (χ1) is 16.4. The van der Waals surface area contributed by atoms with Gasteiger partial charge in [-0.05, 0) is 29.0 Å². The van der Waals surface area contributed by atoms with Gasteiger partial charge in [-0.2, -0.15) is 20.2 Å². The van der Waals surface area contributed by atoms with Gasteiger partial charge in [0.15, 0.2) is 5.82 Å². The molecule has 0 unspecified atom stereocenters.